The second-order valence-corrected chi connectivity index (χ2v) is 4.53. The number of nitrogens with one attached hydrogen (secondary N) is 1. The lowest BCUT2D eigenvalue weighted by Crippen LogP contribution is -2.45. The molecule has 1 aliphatic heterocycles. The van der Waals surface area contributed by atoms with Gasteiger partial charge in [0.05, 0.1) is 13.2 Å². The Labute approximate surface area is 87.8 Å². The lowest BCUT2D eigenvalue weighted by molar-refractivity contribution is 0.0329. The van der Waals surface area contributed by atoms with E-state index in [1.54, 1.807) is 0 Å². The van der Waals surface area contributed by atoms with Gasteiger partial charge in [-0.3, -0.25) is 4.90 Å². The molecule has 1 aliphatic rings. The average molecular weight is 200 g/mol. The average Bonchev–Trinajstić information content (AvgIpc) is 2.17. The van der Waals surface area contributed by atoms with Crippen molar-refractivity contribution >= 4 is 0 Å². The van der Waals surface area contributed by atoms with Crippen LogP contribution >= 0.6 is 0 Å². The Bertz CT molecular complexity index is 144. The maximum Gasteiger partial charge on any atom is 0.0594 e. The molecule has 1 N–H and O–H groups in total. The second kappa shape index (κ2) is 6.38. The summed E-state index contributed by atoms with van der Waals surface area (Å²) in [6, 6.07) is 0.632. The number of ether oxygens (including phenoxy) is 1. The molecule has 1 saturated heterocycles. The molecule has 84 valence electrons. The Morgan fingerprint density at radius 3 is 2.43 bits per heavy atom. The van der Waals surface area contributed by atoms with Crippen LogP contribution in [-0.2, 0) is 4.74 Å². The van der Waals surface area contributed by atoms with Crippen molar-refractivity contribution in [1.29, 1.82) is 0 Å². The van der Waals surface area contributed by atoms with Gasteiger partial charge in [0.25, 0.3) is 0 Å². The van der Waals surface area contributed by atoms with Crippen molar-refractivity contribution in [2.75, 3.05) is 39.9 Å². The zero-order chi connectivity index (χ0) is 10.4. The van der Waals surface area contributed by atoms with Gasteiger partial charge < -0.3 is 10.1 Å². The predicted molar refractivity (Wildman–Crippen MR) is 59.6 cm³/mol. The van der Waals surface area contributed by atoms with E-state index in [1.807, 2.05) is 0 Å². The highest BCUT2D eigenvalue weighted by Crippen LogP contribution is 2.07. The first-order valence-electron chi connectivity index (χ1n) is 5.69. The number of morpholine rings is 1. The van der Waals surface area contributed by atoms with Gasteiger partial charge in [-0.2, -0.15) is 0 Å². The summed E-state index contributed by atoms with van der Waals surface area (Å²) in [5.74, 6) is 0.772. The Morgan fingerprint density at radius 1 is 1.29 bits per heavy atom. The highest BCUT2D eigenvalue weighted by atomic mass is 16.5. The minimum atomic E-state index is 0.632. The third-order valence-corrected chi connectivity index (χ3v) is 2.75. The van der Waals surface area contributed by atoms with Crippen LogP contribution in [0.1, 0.15) is 20.3 Å². The van der Waals surface area contributed by atoms with Gasteiger partial charge in [-0.1, -0.05) is 13.8 Å². The molecule has 1 unspecified atom stereocenters. The monoisotopic (exact) mass is 200 g/mol. The van der Waals surface area contributed by atoms with Crippen LogP contribution in [0.3, 0.4) is 0 Å². The van der Waals surface area contributed by atoms with Crippen LogP contribution in [0.4, 0.5) is 0 Å². The second-order valence-electron chi connectivity index (χ2n) is 4.53. The van der Waals surface area contributed by atoms with E-state index in [2.05, 4.69) is 31.1 Å². The van der Waals surface area contributed by atoms with Crippen LogP contribution in [-0.4, -0.2) is 50.8 Å². The van der Waals surface area contributed by atoms with Crippen molar-refractivity contribution in [3.05, 3.63) is 0 Å². The molecular formula is C11H24N2O. The summed E-state index contributed by atoms with van der Waals surface area (Å²) in [6.07, 6.45) is 1.26. The van der Waals surface area contributed by atoms with Gasteiger partial charge in [-0.05, 0) is 19.4 Å². The fraction of sp³-hybridized carbons (Fsp3) is 1.00. The third kappa shape index (κ3) is 4.40. The molecule has 1 heterocycles. The molecule has 0 aromatic rings. The number of hydrogen-bond acceptors (Lipinski definition) is 3. The van der Waals surface area contributed by atoms with Crippen molar-refractivity contribution in [1.82, 2.24) is 10.2 Å². The molecule has 0 aliphatic carbocycles. The lowest BCUT2D eigenvalue weighted by Gasteiger charge is -2.31. The zero-order valence-corrected chi connectivity index (χ0v) is 9.75. The number of likely N-dealkylation sites (N-methyl/N-ethyl adjacent to an activating group) is 1. The van der Waals surface area contributed by atoms with E-state index in [1.165, 1.54) is 6.42 Å². The fourth-order valence-electron chi connectivity index (χ4n) is 1.95. The van der Waals surface area contributed by atoms with Gasteiger partial charge in [-0.25, -0.2) is 0 Å². The minimum Gasteiger partial charge on any atom is -0.379 e. The fourth-order valence-corrected chi connectivity index (χ4v) is 1.95. The van der Waals surface area contributed by atoms with E-state index < -0.39 is 0 Å². The summed E-state index contributed by atoms with van der Waals surface area (Å²) in [7, 11) is 2.06. The maximum absolute atomic E-state index is 5.33. The van der Waals surface area contributed by atoms with Gasteiger partial charge in [0, 0.05) is 25.7 Å². The first-order valence-corrected chi connectivity index (χ1v) is 5.69. The van der Waals surface area contributed by atoms with Gasteiger partial charge in [-0.15, -0.1) is 0 Å². The summed E-state index contributed by atoms with van der Waals surface area (Å²) in [5.41, 5.74) is 0. The lowest BCUT2D eigenvalue weighted by atomic mass is 10.0. The Morgan fingerprint density at radius 2 is 1.93 bits per heavy atom. The first-order chi connectivity index (χ1) is 6.72. The van der Waals surface area contributed by atoms with Gasteiger partial charge in [0.1, 0.15) is 0 Å². The van der Waals surface area contributed by atoms with Crippen molar-refractivity contribution in [3.8, 4) is 0 Å². The van der Waals surface area contributed by atoms with Crippen LogP contribution < -0.4 is 5.32 Å². The van der Waals surface area contributed by atoms with E-state index in [4.69, 9.17) is 4.74 Å². The van der Waals surface area contributed by atoms with E-state index in [9.17, 15) is 0 Å². The standard InChI is InChI=1S/C11H24N2O/c1-10(2)8-11(12-3)9-13-4-6-14-7-5-13/h10-12H,4-9H2,1-3H3. The van der Waals surface area contributed by atoms with Crippen molar-refractivity contribution in [2.45, 2.75) is 26.3 Å². The molecule has 1 fully saturated rings. The quantitative estimate of drug-likeness (QED) is 0.715. The van der Waals surface area contributed by atoms with Crippen LogP contribution in [0.25, 0.3) is 0 Å². The van der Waals surface area contributed by atoms with Crippen molar-refractivity contribution in [2.24, 2.45) is 5.92 Å². The Hall–Kier alpha value is -0.120. The Kier molecular flexibility index (Phi) is 5.45. The number of rotatable bonds is 5. The normalized spacial score (nSPS) is 21.4. The number of nitrogens with zero attached hydrogens (tertiary/aromatic N) is 1. The molecule has 0 spiro atoms. The zero-order valence-electron chi connectivity index (χ0n) is 9.75. The molecular weight excluding hydrogens is 176 g/mol. The van der Waals surface area contributed by atoms with Gasteiger partial charge in [0.2, 0.25) is 0 Å². The molecule has 0 saturated carbocycles. The summed E-state index contributed by atoms with van der Waals surface area (Å²) < 4.78 is 5.33. The summed E-state index contributed by atoms with van der Waals surface area (Å²) in [6.45, 7) is 9.72. The van der Waals surface area contributed by atoms with Crippen molar-refractivity contribution < 1.29 is 4.74 Å². The maximum atomic E-state index is 5.33. The van der Waals surface area contributed by atoms with E-state index in [-0.39, 0.29) is 0 Å². The number of hydrogen-bond donors (Lipinski definition) is 1. The topological polar surface area (TPSA) is 24.5 Å². The highest BCUT2D eigenvalue weighted by Gasteiger charge is 2.15. The molecule has 0 radical (unpaired) electrons. The van der Waals surface area contributed by atoms with Crippen LogP contribution in [0, 0.1) is 5.92 Å². The van der Waals surface area contributed by atoms with Crippen LogP contribution in [0.15, 0.2) is 0 Å². The van der Waals surface area contributed by atoms with Crippen LogP contribution in [0.5, 0.6) is 0 Å². The molecule has 0 aromatic heterocycles. The minimum absolute atomic E-state index is 0.632. The van der Waals surface area contributed by atoms with Crippen LogP contribution in [0.2, 0.25) is 0 Å². The SMILES string of the molecule is CNC(CC(C)C)CN1CCOCC1. The summed E-state index contributed by atoms with van der Waals surface area (Å²) in [4.78, 5) is 2.49. The smallest absolute Gasteiger partial charge is 0.0594 e. The van der Waals surface area contributed by atoms with E-state index in [0.717, 1.165) is 38.8 Å². The third-order valence-electron chi connectivity index (χ3n) is 2.75. The van der Waals surface area contributed by atoms with E-state index in [0.29, 0.717) is 6.04 Å². The van der Waals surface area contributed by atoms with E-state index >= 15 is 0 Å². The Balaban J connectivity index is 2.23. The molecule has 0 amide bonds. The molecule has 3 nitrogen and oxygen atoms in total. The molecule has 0 bridgehead atoms. The largest absolute Gasteiger partial charge is 0.379 e. The molecule has 14 heavy (non-hydrogen) atoms. The molecule has 0 aromatic carbocycles. The molecule has 3 heteroatoms. The van der Waals surface area contributed by atoms with Gasteiger partial charge in [0.15, 0.2) is 0 Å². The van der Waals surface area contributed by atoms with Crippen molar-refractivity contribution in [3.63, 3.8) is 0 Å². The summed E-state index contributed by atoms with van der Waals surface area (Å²) in [5, 5.41) is 3.40. The summed E-state index contributed by atoms with van der Waals surface area (Å²) >= 11 is 0. The predicted octanol–water partition coefficient (Wildman–Crippen LogP) is 0.953. The molecule has 1 atom stereocenters. The highest BCUT2D eigenvalue weighted by molar-refractivity contribution is 4.73. The first kappa shape index (κ1) is 12.0. The van der Waals surface area contributed by atoms with Gasteiger partial charge >= 0.3 is 0 Å². The molecule has 1 rings (SSSR count).